The Hall–Kier alpha value is -2.00. The molecule has 9 heteroatoms. The van der Waals surface area contributed by atoms with Gasteiger partial charge in [-0.05, 0) is 0 Å². The molecule has 0 aromatic carbocycles. The fourth-order valence-corrected chi connectivity index (χ4v) is 1.02. The van der Waals surface area contributed by atoms with Crippen molar-refractivity contribution in [3.05, 3.63) is 16.3 Å². The van der Waals surface area contributed by atoms with Gasteiger partial charge in [-0.1, -0.05) is 0 Å². The van der Waals surface area contributed by atoms with Gasteiger partial charge < -0.3 is 20.9 Å². The van der Waals surface area contributed by atoms with E-state index >= 15 is 0 Å². The smallest absolute Gasteiger partial charge is 0.329 e. The van der Waals surface area contributed by atoms with E-state index in [4.69, 9.17) is 15.6 Å². The minimum atomic E-state index is -0.649. The van der Waals surface area contributed by atoms with E-state index in [0.717, 1.165) is 6.20 Å². The molecule has 0 saturated heterocycles. The number of nitro groups is 1. The number of aromatic nitrogens is 2. The van der Waals surface area contributed by atoms with E-state index in [1.54, 1.807) is 0 Å². The number of anilines is 2. The first kappa shape index (κ1) is 13.1. The van der Waals surface area contributed by atoms with Gasteiger partial charge in [0.1, 0.15) is 6.20 Å². The van der Waals surface area contributed by atoms with Crippen LogP contribution in [0.15, 0.2) is 6.20 Å². The number of aliphatic hydroxyl groups excluding tert-OH is 1. The van der Waals surface area contributed by atoms with Crippen LogP contribution in [0, 0.1) is 10.1 Å². The first-order valence-corrected chi connectivity index (χ1v) is 4.84. The molecular formula is C8H13N5O4. The van der Waals surface area contributed by atoms with Crippen molar-refractivity contribution in [1.29, 1.82) is 0 Å². The molecule has 17 heavy (non-hydrogen) atoms. The molecule has 0 aliphatic rings. The van der Waals surface area contributed by atoms with Crippen LogP contribution in [0.1, 0.15) is 0 Å². The number of hydrogen-bond acceptors (Lipinski definition) is 8. The monoisotopic (exact) mass is 243 g/mol. The van der Waals surface area contributed by atoms with Crippen LogP contribution in [-0.4, -0.2) is 46.4 Å². The van der Waals surface area contributed by atoms with Gasteiger partial charge in [0.05, 0.1) is 24.7 Å². The Balaban J connectivity index is 2.45. The maximum absolute atomic E-state index is 10.4. The normalized spacial score (nSPS) is 10.2. The predicted molar refractivity (Wildman–Crippen MR) is 59.5 cm³/mol. The van der Waals surface area contributed by atoms with Gasteiger partial charge in [-0.2, -0.15) is 4.98 Å². The predicted octanol–water partition coefficient (Wildman–Crippen LogP) is -0.612. The topological polar surface area (TPSA) is 136 Å². The molecule has 0 atom stereocenters. The lowest BCUT2D eigenvalue weighted by Crippen LogP contribution is -2.13. The van der Waals surface area contributed by atoms with Crippen molar-refractivity contribution in [2.45, 2.75) is 0 Å². The number of nitrogens with two attached hydrogens (primary N) is 1. The highest BCUT2D eigenvalue weighted by Crippen LogP contribution is 2.17. The second kappa shape index (κ2) is 6.55. The van der Waals surface area contributed by atoms with Crippen molar-refractivity contribution in [2.24, 2.45) is 0 Å². The molecule has 1 rings (SSSR count). The Labute approximate surface area is 96.8 Å². The van der Waals surface area contributed by atoms with E-state index < -0.39 is 4.92 Å². The maximum atomic E-state index is 10.4. The molecule has 0 spiro atoms. The highest BCUT2D eigenvalue weighted by atomic mass is 16.6. The fraction of sp³-hybridized carbons (Fsp3) is 0.500. The Bertz CT molecular complexity index is 386. The van der Waals surface area contributed by atoms with E-state index in [-0.39, 0.29) is 30.7 Å². The molecule has 1 aromatic heterocycles. The largest absolute Gasteiger partial charge is 0.394 e. The van der Waals surface area contributed by atoms with Crippen molar-refractivity contribution in [3.63, 3.8) is 0 Å². The van der Waals surface area contributed by atoms with Gasteiger partial charge in [-0.3, -0.25) is 10.1 Å². The van der Waals surface area contributed by atoms with Gasteiger partial charge in [0.2, 0.25) is 11.8 Å². The lowest BCUT2D eigenvalue weighted by molar-refractivity contribution is -0.384. The lowest BCUT2D eigenvalue weighted by atomic mass is 10.5. The third-order valence-corrected chi connectivity index (χ3v) is 1.76. The summed E-state index contributed by atoms with van der Waals surface area (Å²) in [6.07, 6.45) is 1.04. The summed E-state index contributed by atoms with van der Waals surface area (Å²) in [4.78, 5) is 17.2. The SMILES string of the molecule is Nc1nc(NCCOCCO)ncc1[N+](=O)[O-]. The molecule has 9 nitrogen and oxygen atoms in total. The second-order valence-corrected chi connectivity index (χ2v) is 2.98. The summed E-state index contributed by atoms with van der Waals surface area (Å²) in [5.74, 6) is 0.00414. The van der Waals surface area contributed by atoms with Crippen LogP contribution in [0.5, 0.6) is 0 Å². The third kappa shape index (κ3) is 4.17. The van der Waals surface area contributed by atoms with Crippen molar-refractivity contribution < 1.29 is 14.8 Å². The van der Waals surface area contributed by atoms with E-state index in [1.807, 2.05) is 0 Å². The van der Waals surface area contributed by atoms with Gasteiger partial charge in [0.25, 0.3) is 0 Å². The summed E-state index contributed by atoms with van der Waals surface area (Å²) in [6.45, 7) is 0.990. The molecule has 0 radical (unpaired) electrons. The van der Waals surface area contributed by atoms with Gasteiger partial charge in [-0.25, -0.2) is 4.98 Å². The zero-order valence-electron chi connectivity index (χ0n) is 9.00. The third-order valence-electron chi connectivity index (χ3n) is 1.76. The quantitative estimate of drug-likeness (QED) is 0.327. The highest BCUT2D eigenvalue weighted by Gasteiger charge is 2.13. The number of rotatable bonds is 7. The summed E-state index contributed by atoms with van der Waals surface area (Å²) >= 11 is 0. The highest BCUT2D eigenvalue weighted by molar-refractivity contribution is 5.53. The Morgan fingerprint density at radius 3 is 2.94 bits per heavy atom. The van der Waals surface area contributed by atoms with Gasteiger partial charge >= 0.3 is 5.69 Å². The van der Waals surface area contributed by atoms with Gasteiger partial charge in [-0.15, -0.1) is 0 Å². The molecule has 0 fully saturated rings. The Morgan fingerprint density at radius 2 is 2.35 bits per heavy atom. The molecule has 0 saturated carbocycles. The summed E-state index contributed by atoms with van der Waals surface area (Å²) < 4.78 is 4.99. The van der Waals surface area contributed by atoms with Crippen LogP contribution < -0.4 is 11.1 Å². The maximum Gasteiger partial charge on any atom is 0.329 e. The van der Waals surface area contributed by atoms with E-state index in [2.05, 4.69) is 15.3 Å². The molecular weight excluding hydrogens is 230 g/mol. The fourth-order valence-electron chi connectivity index (χ4n) is 1.02. The number of aliphatic hydroxyl groups is 1. The molecule has 0 aliphatic carbocycles. The summed E-state index contributed by atoms with van der Waals surface area (Å²) in [7, 11) is 0. The first-order valence-electron chi connectivity index (χ1n) is 4.84. The van der Waals surface area contributed by atoms with E-state index in [1.165, 1.54) is 0 Å². The Kier molecular flexibility index (Phi) is 5.04. The van der Waals surface area contributed by atoms with E-state index in [9.17, 15) is 10.1 Å². The zero-order valence-corrected chi connectivity index (χ0v) is 9.00. The molecule has 4 N–H and O–H groups in total. The van der Waals surface area contributed by atoms with E-state index in [0.29, 0.717) is 13.2 Å². The van der Waals surface area contributed by atoms with Gasteiger partial charge in [0, 0.05) is 6.54 Å². The molecule has 94 valence electrons. The zero-order chi connectivity index (χ0) is 12.7. The number of nitrogens with one attached hydrogen (secondary N) is 1. The van der Waals surface area contributed by atoms with Crippen LogP contribution in [-0.2, 0) is 4.74 Å². The van der Waals surface area contributed by atoms with Crippen molar-refractivity contribution in [1.82, 2.24) is 9.97 Å². The molecule has 0 unspecified atom stereocenters. The lowest BCUT2D eigenvalue weighted by Gasteiger charge is -2.05. The molecule has 1 heterocycles. The van der Waals surface area contributed by atoms with Crippen molar-refractivity contribution in [2.75, 3.05) is 37.4 Å². The van der Waals surface area contributed by atoms with Crippen molar-refractivity contribution in [3.8, 4) is 0 Å². The molecule has 0 aliphatic heterocycles. The number of ether oxygens (including phenoxy) is 1. The average molecular weight is 243 g/mol. The van der Waals surface area contributed by atoms with Crippen LogP contribution in [0.25, 0.3) is 0 Å². The number of nitrogen functional groups attached to an aromatic ring is 1. The summed E-state index contributed by atoms with van der Waals surface area (Å²) in [5, 5.41) is 21.7. The van der Waals surface area contributed by atoms with Crippen LogP contribution in [0.2, 0.25) is 0 Å². The molecule has 0 amide bonds. The molecule has 1 aromatic rings. The van der Waals surface area contributed by atoms with Crippen LogP contribution in [0.3, 0.4) is 0 Å². The summed E-state index contributed by atoms with van der Waals surface area (Å²) in [5.41, 5.74) is 5.05. The Morgan fingerprint density at radius 1 is 1.59 bits per heavy atom. The molecule has 0 bridgehead atoms. The first-order chi connectivity index (χ1) is 8.15. The standard InChI is InChI=1S/C8H13N5O4/c9-7-6(13(15)16)5-11-8(12-7)10-1-3-17-4-2-14/h5,14H,1-4H2,(H3,9,10,11,12). The minimum Gasteiger partial charge on any atom is -0.394 e. The van der Waals surface area contributed by atoms with Crippen LogP contribution in [0.4, 0.5) is 17.5 Å². The minimum absolute atomic E-state index is 0.0407. The van der Waals surface area contributed by atoms with Crippen LogP contribution >= 0.6 is 0 Å². The summed E-state index contributed by atoms with van der Waals surface area (Å²) in [6, 6.07) is 0. The van der Waals surface area contributed by atoms with Crippen molar-refractivity contribution >= 4 is 17.5 Å². The average Bonchev–Trinajstić information content (AvgIpc) is 2.28. The number of nitrogens with zero attached hydrogens (tertiary/aromatic N) is 3. The number of hydrogen-bond donors (Lipinski definition) is 3. The second-order valence-electron chi connectivity index (χ2n) is 2.98. The van der Waals surface area contributed by atoms with Gasteiger partial charge in [0.15, 0.2) is 0 Å².